The molecule has 0 aliphatic carbocycles. The zero-order valence-electron chi connectivity index (χ0n) is 22.0. The van der Waals surface area contributed by atoms with E-state index in [0.717, 1.165) is 16.7 Å². The third-order valence-electron chi connectivity index (χ3n) is 5.92. The van der Waals surface area contributed by atoms with Crippen molar-refractivity contribution in [1.29, 1.82) is 0 Å². The molecule has 1 atom stereocenters. The van der Waals surface area contributed by atoms with Crippen molar-refractivity contribution >= 4 is 29.5 Å². The van der Waals surface area contributed by atoms with Crippen LogP contribution in [0.3, 0.4) is 0 Å². The van der Waals surface area contributed by atoms with Gasteiger partial charge in [0.2, 0.25) is 5.91 Å². The number of aliphatic hydroxyl groups excluding tert-OH is 2. The Balaban J connectivity index is 1.80. The second kappa shape index (κ2) is 12.1. The first-order valence-electron chi connectivity index (χ1n) is 12.1. The molecule has 0 aromatic heterocycles. The zero-order valence-corrected chi connectivity index (χ0v) is 22.0. The maximum Gasteiger partial charge on any atom is 0.251 e. The van der Waals surface area contributed by atoms with Gasteiger partial charge in [0.15, 0.2) is 6.23 Å². The minimum Gasteiger partial charge on any atom is -0.394 e. The standard InChI is InChI=1S/C28H36N4O5/c1-18-9-10-22(24(11-18)31-27(36)28(2,3)4)23-13-25(37-5)32(17-29-23)14-19-7-6-8-20(12-19)26(35)30-21(15-33)16-34/h6-13,17,21,25,33-34H,14-16H2,1-5H3,(H,30,35)(H,31,36). The monoisotopic (exact) mass is 508 g/mol. The van der Waals surface area contributed by atoms with E-state index in [4.69, 9.17) is 4.74 Å². The highest BCUT2D eigenvalue weighted by Crippen LogP contribution is 2.30. The van der Waals surface area contributed by atoms with Crippen LogP contribution in [0.25, 0.3) is 5.70 Å². The van der Waals surface area contributed by atoms with Crippen LogP contribution in [0.15, 0.2) is 53.5 Å². The Morgan fingerprint density at radius 1 is 1.14 bits per heavy atom. The number of hydrogen-bond donors (Lipinski definition) is 4. The molecule has 37 heavy (non-hydrogen) atoms. The number of aliphatic hydroxyl groups is 2. The molecule has 4 N–H and O–H groups in total. The van der Waals surface area contributed by atoms with E-state index in [9.17, 15) is 19.8 Å². The molecule has 3 rings (SSSR count). The molecular formula is C28H36N4O5. The molecule has 2 aromatic rings. The topological polar surface area (TPSA) is 123 Å². The lowest BCUT2D eigenvalue weighted by Crippen LogP contribution is -2.40. The van der Waals surface area contributed by atoms with Gasteiger partial charge in [-0.2, -0.15) is 0 Å². The predicted octanol–water partition coefficient (Wildman–Crippen LogP) is 2.92. The van der Waals surface area contributed by atoms with E-state index in [-0.39, 0.29) is 25.0 Å². The smallest absolute Gasteiger partial charge is 0.251 e. The molecule has 0 saturated carbocycles. The molecule has 1 heterocycles. The van der Waals surface area contributed by atoms with Crippen molar-refractivity contribution in [2.75, 3.05) is 25.6 Å². The number of hydrogen-bond acceptors (Lipinski definition) is 7. The highest BCUT2D eigenvalue weighted by molar-refractivity contribution is 5.98. The molecule has 198 valence electrons. The molecular weight excluding hydrogens is 472 g/mol. The quantitative estimate of drug-likeness (QED) is 0.413. The van der Waals surface area contributed by atoms with E-state index < -0.39 is 17.7 Å². The molecule has 2 amide bonds. The number of carbonyl (C=O) groups excluding carboxylic acids is 2. The number of ether oxygens (including phenoxy) is 1. The molecule has 0 fully saturated rings. The van der Waals surface area contributed by atoms with Crippen LogP contribution >= 0.6 is 0 Å². The highest BCUT2D eigenvalue weighted by Gasteiger charge is 2.25. The Kier molecular flexibility index (Phi) is 9.20. The Bertz CT molecular complexity index is 1180. The SMILES string of the molecule is COC1C=C(c2ccc(C)cc2NC(=O)C(C)(C)C)N=CN1Cc1cccc(C(=O)NC(CO)CO)c1. The van der Waals surface area contributed by atoms with E-state index in [2.05, 4.69) is 15.6 Å². The van der Waals surface area contributed by atoms with Crippen LogP contribution in [0.2, 0.25) is 0 Å². The Morgan fingerprint density at radius 3 is 2.51 bits per heavy atom. The van der Waals surface area contributed by atoms with Gasteiger partial charge in [0, 0.05) is 30.2 Å². The third kappa shape index (κ3) is 7.25. The van der Waals surface area contributed by atoms with E-state index in [1.54, 1.807) is 31.6 Å². The molecule has 0 radical (unpaired) electrons. The minimum atomic E-state index is -0.716. The summed E-state index contributed by atoms with van der Waals surface area (Å²) in [6.45, 7) is 7.30. The summed E-state index contributed by atoms with van der Waals surface area (Å²) in [7, 11) is 1.61. The Labute approximate surface area is 217 Å². The number of rotatable bonds is 9. The lowest BCUT2D eigenvalue weighted by atomic mass is 9.95. The highest BCUT2D eigenvalue weighted by atomic mass is 16.5. The second-order valence-electron chi connectivity index (χ2n) is 10.1. The van der Waals surface area contributed by atoms with Gasteiger partial charge in [0.05, 0.1) is 37.0 Å². The van der Waals surface area contributed by atoms with Crippen molar-refractivity contribution in [3.05, 3.63) is 70.8 Å². The third-order valence-corrected chi connectivity index (χ3v) is 5.92. The summed E-state index contributed by atoms with van der Waals surface area (Å²) in [4.78, 5) is 31.7. The number of aryl methyl sites for hydroxylation is 1. The molecule has 1 unspecified atom stereocenters. The van der Waals surface area contributed by atoms with Gasteiger partial charge in [-0.1, -0.05) is 45.0 Å². The van der Waals surface area contributed by atoms with Crippen LogP contribution in [0.4, 0.5) is 5.69 Å². The molecule has 0 bridgehead atoms. The van der Waals surface area contributed by atoms with E-state index >= 15 is 0 Å². The summed E-state index contributed by atoms with van der Waals surface area (Å²) in [6.07, 6.45) is 3.16. The van der Waals surface area contributed by atoms with Crippen LogP contribution in [0, 0.1) is 12.3 Å². The fraction of sp³-hybridized carbons (Fsp3) is 0.393. The molecule has 9 nitrogen and oxygen atoms in total. The number of carbonyl (C=O) groups is 2. The van der Waals surface area contributed by atoms with Gasteiger partial charge in [0.1, 0.15) is 0 Å². The van der Waals surface area contributed by atoms with Gasteiger partial charge in [-0.15, -0.1) is 0 Å². The Morgan fingerprint density at radius 2 is 1.86 bits per heavy atom. The molecule has 0 spiro atoms. The number of nitrogens with zero attached hydrogens (tertiary/aromatic N) is 2. The number of benzene rings is 2. The number of nitrogens with one attached hydrogen (secondary N) is 2. The van der Waals surface area contributed by atoms with Crippen molar-refractivity contribution < 1.29 is 24.5 Å². The number of anilines is 1. The van der Waals surface area contributed by atoms with Crippen molar-refractivity contribution in [2.45, 2.75) is 46.5 Å². The minimum absolute atomic E-state index is 0.0853. The summed E-state index contributed by atoms with van der Waals surface area (Å²) >= 11 is 0. The largest absolute Gasteiger partial charge is 0.394 e. The van der Waals surface area contributed by atoms with Crippen molar-refractivity contribution in [3.63, 3.8) is 0 Å². The molecule has 2 aromatic carbocycles. The van der Waals surface area contributed by atoms with Crippen LogP contribution in [0.5, 0.6) is 0 Å². The summed E-state index contributed by atoms with van der Waals surface area (Å²) in [6, 6.07) is 12.2. The number of methoxy groups -OCH3 is 1. The summed E-state index contributed by atoms with van der Waals surface area (Å²) < 4.78 is 5.72. The normalized spacial score (nSPS) is 15.5. The second-order valence-corrected chi connectivity index (χ2v) is 10.1. The van der Waals surface area contributed by atoms with Crippen LogP contribution in [-0.2, 0) is 16.1 Å². The Hall–Kier alpha value is -3.53. The summed E-state index contributed by atoms with van der Waals surface area (Å²) in [5, 5.41) is 24.1. The van der Waals surface area contributed by atoms with Crippen molar-refractivity contribution in [2.24, 2.45) is 10.4 Å². The van der Waals surface area contributed by atoms with Gasteiger partial charge < -0.3 is 30.5 Å². The fourth-order valence-electron chi connectivity index (χ4n) is 3.70. The van der Waals surface area contributed by atoms with Gasteiger partial charge >= 0.3 is 0 Å². The number of aliphatic imine (C=N–C) groups is 1. The maximum atomic E-state index is 12.7. The average molecular weight is 509 g/mol. The van der Waals surface area contributed by atoms with Gasteiger partial charge in [0.25, 0.3) is 5.91 Å². The van der Waals surface area contributed by atoms with Crippen LogP contribution in [-0.4, -0.2) is 65.9 Å². The molecule has 9 heteroatoms. The summed E-state index contributed by atoms with van der Waals surface area (Å²) in [5.74, 6) is -0.463. The first-order chi connectivity index (χ1) is 17.5. The van der Waals surface area contributed by atoms with E-state index in [0.29, 0.717) is 23.5 Å². The van der Waals surface area contributed by atoms with Gasteiger partial charge in [-0.3, -0.25) is 9.59 Å². The maximum absolute atomic E-state index is 12.7. The molecule has 1 aliphatic rings. The van der Waals surface area contributed by atoms with Crippen molar-refractivity contribution in [1.82, 2.24) is 10.2 Å². The first-order valence-corrected chi connectivity index (χ1v) is 12.1. The average Bonchev–Trinajstić information content (AvgIpc) is 2.87. The van der Waals surface area contributed by atoms with Crippen LogP contribution < -0.4 is 10.6 Å². The van der Waals surface area contributed by atoms with Gasteiger partial charge in [-0.25, -0.2) is 4.99 Å². The lowest BCUT2D eigenvalue weighted by Gasteiger charge is -2.30. The van der Waals surface area contributed by atoms with Crippen molar-refractivity contribution in [3.8, 4) is 0 Å². The summed E-state index contributed by atoms with van der Waals surface area (Å²) in [5.41, 5.74) is 3.92. The van der Waals surface area contributed by atoms with E-state index in [1.165, 1.54) is 0 Å². The lowest BCUT2D eigenvalue weighted by molar-refractivity contribution is -0.123. The predicted molar refractivity (Wildman–Crippen MR) is 144 cm³/mol. The number of amides is 2. The molecule has 0 saturated heterocycles. The zero-order chi connectivity index (χ0) is 27.2. The van der Waals surface area contributed by atoms with Gasteiger partial charge in [-0.05, 0) is 42.3 Å². The fourth-order valence-corrected chi connectivity index (χ4v) is 3.70. The van der Waals surface area contributed by atoms with Crippen LogP contribution in [0.1, 0.15) is 47.8 Å². The van der Waals surface area contributed by atoms with E-state index in [1.807, 2.05) is 62.9 Å². The first kappa shape index (κ1) is 28.0. The molecule has 1 aliphatic heterocycles.